The van der Waals surface area contributed by atoms with E-state index in [4.69, 9.17) is 11.6 Å². The molecule has 2 rings (SSSR count). The molecule has 0 spiro atoms. The van der Waals surface area contributed by atoms with Gasteiger partial charge < -0.3 is 0 Å². The van der Waals surface area contributed by atoms with Crippen molar-refractivity contribution >= 4 is 49.9 Å². The number of thioether (sulfide) groups is 1. The maximum atomic E-state index is 12.1. The number of aromatic nitrogens is 2. The highest BCUT2D eigenvalue weighted by molar-refractivity contribution is 8.01. The number of sulfonamides is 1. The second-order valence-corrected chi connectivity index (χ2v) is 8.69. The van der Waals surface area contributed by atoms with E-state index >= 15 is 0 Å². The van der Waals surface area contributed by atoms with Gasteiger partial charge in [-0.1, -0.05) is 53.8 Å². The van der Waals surface area contributed by atoms with Gasteiger partial charge >= 0.3 is 0 Å². The molecule has 21 heavy (non-hydrogen) atoms. The lowest BCUT2D eigenvalue weighted by atomic mass is 10.2. The van der Waals surface area contributed by atoms with Gasteiger partial charge in [-0.15, -0.1) is 10.2 Å². The molecular formula is C12H14ClN3O2S3. The zero-order valence-electron chi connectivity index (χ0n) is 11.2. The number of nitrogens with zero attached hydrogens (tertiary/aromatic N) is 2. The smallest absolute Gasteiger partial charge is 0.238 e. The standard InChI is InChI=1S/C12H14ClN3O2S3/c1-2-7-19-12-15-14-11(20-12)16-21(17,18)8-9-3-5-10(13)6-4-9/h3-6H,2,7-8H2,1H3,(H,14,16). The quantitative estimate of drug-likeness (QED) is 0.760. The number of rotatable bonds is 7. The summed E-state index contributed by atoms with van der Waals surface area (Å²) < 4.78 is 27.3. The van der Waals surface area contributed by atoms with Crippen LogP contribution in [0.25, 0.3) is 0 Å². The minimum absolute atomic E-state index is 0.124. The Bertz CT molecular complexity index is 686. The molecule has 0 aliphatic heterocycles. The summed E-state index contributed by atoms with van der Waals surface area (Å²) in [7, 11) is -3.50. The van der Waals surface area contributed by atoms with E-state index in [0.29, 0.717) is 15.7 Å². The predicted octanol–water partition coefficient (Wildman–Crippen LogP) is 3.64. The molecule has 0 saturated heterocycles. The van der Waals surface area contributed by atoms with Gasteiger partial charge in [-0.25, -0.2) is 8.42 Å². The van der Waals surface area contributed by atoms with Crippen molar-refractivity contribution in [3.8, 4) is 0 Å². The van der Waals surface area contributed by atoms with Gasteiger partial charge in [0.15, 0.2) is 4.34 Å². The zero-order chi connectivity index (χ0) is 15.3. The Kier molecular flexibility index (Phi) is 5.86. The Balaban J connectivity index is 2.00. The van der Waals surface area contributed by atoms with Crippen molar-refractivity contribution in [3.63, 3.8) is 0 Å². The molecule has 0 aliphatic carbocycles. The maximum absolute atomic E-state index is 12.1. The third-order valence-corrected chi connectivity index (χ3v) is 6.13. The van der Waals surface area contributed by atoms with E-state index in [9.17, 15) is 8.42 Å². The predicted molar refractivity (Wildman–Crippen MR) is 88.6 cm³/mol. The van der Waals surface area contributed by atoms with Crippen LogP contribution in [-0.2, 0) is 15.8 Å². The summed E-state index contributed by atoms with van der Waals surface area (Å²) in [4.78, 5) is 0. The molecule has 0 unspecified atom stereocenters. The molecule has 0 amide bonds. The van der Waals surface area contributed by atoms with Crippen molar-refractivity contribution < 1.29 is 8.42 Å². The maximum Gasteiger partial charge on any atom is 0.238 e. The minimum atomic E-state index is -3.50. The molecule has 1 aromatic heterocycles. The Morgan fingerprint density at radius 1 is 1.29 bits per heavy atom. The molecule has 0 radical (unpaired) electrons. The van der Waals surface area contributed by atoms with Crippen LogP contribution in [0.15, 0.2) is 28.6 Å². The SMILES string of the molecule is CCCSc1nnc(NS(=O)(=O)Cc2ccc(Cl)cc2)s1. The lowest BCUT2D eigenvalue weighted by Gasteiger charge is -2.04. The minimum Gasteiger partial charge on any atom is -0.257 e. The van der Waals surface area contributed by atoms with Crippen LogP contribution in [0.3, 0.4) is 0 Å². The number of halogens is 1. The van der Waals surface area contributed by atoms with Gasteiger partial charge in [0.1, 0.15) is 0 Å². The number of nitrogens with one attached hydrogen (secondary N) is 1. The number of benzene rings is 1. The fourth-order valence-corrected chi connectivity index (χ4v) is 4.68. The first-order chi connectivity index (χ1) is 9.98. The van der Waals surface area contributed by atoms with E-state index in [0.717, 1.165) is 16.5 Å². The molecule has 0 saturated carbocycles. The van der Waals surface area contributed by atoms with Crippen molar-refractivity contribution in [2.75, 3.05) is 10.5 Å². The first-order valence-corrected chi connectivity index (χ1v) is 10.0. The van der Waals surface area contributed by atoms with Crippen LogP contribution in [-0.4, -0.2) is 24.4 Å². The van der Waals surface area contributed by atoms with E-state index in [2.05, 4.69) is 21.8 Å². The van der Waals surface area contributed by atoms with Gasteiger partial charge in [0, 0.05) is 10.8 Å². The van der Waals surface area contributed by atoms with Gasteiger partial charge in [-0.3, -0.25) is 4.72 Å². The first-order valence-electron chi connectivity index (χ1n) is 6.20. The molecule has 1 N–H and O–H groups in total. The van der Waals surface area contributed by atoms with Crippen LogP contribution in [0.2, 0.25) is 5.02 Å². The zero-order valence-corrected chi connectivity index (χ0v) is 14.4. The molecule has 2 aromatic rings. The Morgan fingerprint density at radius 2 is 2.00 bits per heavy atom. The molecule has 0 atom stereocenters. The van der Waals surface area contributed by atoms with Crippen LogP contribution in [0.4, 0.5) is 5.13 Å². The first kappa shape index (κ1) is 16.5. The van der Waals surface area contributed by atoms with E-state index in [1.807, 2.05) is 0 Å². The second kappa shape index (κ2) is 7.44. The van der Waals surface area contributed by atoms with E-state index in [1.165, 1.54) is 11.3 Å². The van der Waals surface area contributed by atoms with Gasteiger partial charge in [0.25, 0.3) is 0 Å². The van der Waals surface area contributed by atoms with Crippen LogP contribution in [0, 0.1) is 0 Å². The Labute approximate surface area is 137 Å². The molecule has 0 bridgehead atoms. The summed E-state index contributed by atoms with van der Waals surface area (Å²) in [6.45, 7) is 2.07. The normalized spacial score (nSPS) is 11.5. The van der Waals surface area contributed by atoms with Crippen LogP contribution >= 0.6 is 34.7 Å². The Morgan fingerprint density at radius 3 is 2.67 bits per heavy atom. The molecule has 114 valence electrons. The van der Waals surface area contributed by atoms with Crippen molar-refractivity contribution in [1.82, 2.24) is 10.2 Å². The molecule has 0 aliphatic rings. The van der Waals surface area contributed by atoms with E-state index in [-0.39, 0.29) is 5.75 Å². The summed E-state index contributed by atoms with van der Waals surface area (Å²) in [6, 6.07) is 6.70. The van der Waals surface area contributed by atoms with Crippen molar-refractivity contribution in [3.05, 3.63) is 34.9 Å². The monoisotopic (exact) mass is 363 g/mol. The lowest BCUT2D eigenvalue weighted by molar-refractivity contribution is 0.600. The fraction of sp³-hybridized carbons (Fsp3) is 0.333. The van der Waals surface area contributed by atoms with E-state index < -0.39 is 10.0 Å². The van der Waals surface area contributed by atoms with Gasteiger partial charge in [-0.2, -0.15) is 0 Å². The summed E-state index contributed by atoms with van der Waals surface area (Å²) in [6.07, 6.45) is 1.03. The Hall–Kier alpha value is -0.830. The summed E-state index contributed by atoms with van der Waals surface area (Å²) >= 11 is 8.58. The third-order valence-electron chi connectivity index (χ3n) is 2.35. The van der Waals surface area contributed by atoms with Gasteiger partial charge in [0.05, 0.1) is 5.75 Å². The average molecular weight is 364 g/mol. The molecule has 1 heterocycles. The molecular weight excluding hydrogens is 350 g/mol. The summed E-state index contributed by atoms with van der Waals surface area (Å²) in [5, 5.41) is 8.66. The molecule has 5 nitrogen and oxygen atoms in total. The summed E-state index contributed by atoms with van der Waals surface area (Å²) in [5.74, 6) is 0.813. The lowest BCUT2D eigenvalue weighted by Crippen LogP contribution is -2.14. The van der Waals surface area contributed by atoms with Crippen LogP contribution in [0.1, 0.15) is 18.9 Å². The van der Waals surface area contributed by atoms with Crippen molar-refractivity contribution in [2.45, 2.75) is 23.4 Å². The van der Waals surface area contributed by atoms with Crippen LogP contribution in [0.5, 0.6) is 0 Å². The van der Waals surface area contributed by atoms with Gasteiger partial charge in [-0.05, 0) is 24.1 Å². The van der Waals surface area contributed by atoms with Crippen molar-refractivity contribution in [2.24, 2.45) is 0 Å². The number of anilines is 1. The second-order valence-electron chi connectivity index (χ2n) is 4.21. The number of hydrogen-bond donors (Lipinski definition) is 1. The highest BCUT2D eigenvalue weighted by atomic mass is 35.5. The summed E-state index contributed by atoms with van der Waals surface area (Å²) in [5.41, 5.74) is 0.664. The largest absolute Gasteiger partial charge is 0.257 e. The highest BCUT2D eigenvalue weighted by Crippen LogP contribution is 2.26. The highest BCUT2D eigenvalue weighted by Gasteiger charge is 2.15. The van der Waals surface area contributed by atoms with Gasteiger partial charge in [0.2, 0.25) is 15.2 Å². The molecule has 0 fully saturated rings. The fourth-order valence-electron chi connectivity index (χ4n) is 1.47. The number of hydrogen-bond acceptors (Lipinski definition) is 6. The van der Waals surface area contributed by atoms with E-state index in [1.54, 1.807) is 36.0 Å². The average Bonchev–Trinajstić information content (AvgIpc) is 2.85. The third kappa shape index (κ3) is 5.46. The molecule has 1 aromatic carbocycles. The molecule has 9 heteroatoms. The van der Waals surface area contributed by atoms with Crippen LogP contribution < -0.4 is 4.72 Å². The topological polar surface area (TPSA) is 72.0 Å². The van der Waals surface area contributed by atoms with Crippen molar-refractivity contribution in [1.29, 1.82) is 0 Å².